The third-order valence-electron chi connectivity index (χ3n) is 6.37. The van der Waals surface area contributed by atoms with Crippen LogP contribution in [0.4, 0.5) is 0 Å². The number of hydrogen-bond acceptors (Lipinski definition) is 8. The number of esters is 2. The van der Waals surface area contributed by atoms with Crippen molar-refractivity contribution in [1.29, 1.82) is 0 Å². The number of unbranched alkanes of at least 4 members (excludes halogenated alkanes) is 12. The molecule has 54 heavy (non-hydrogen) atoms. The number of carbonyl (C=O) groups excluding carboxylic acids is 2. The molecular weight excluding hydrogens is 675 g/mol. The van der Waals surface area contributed by atoms with E-state index >= 15 is 0 Å². The Kier molecular flexibility index (Phi) is 107. The van der Waals surface area contributed by atoms with Crippen molar-refractivity contribution in [3.63, 3.8) is 0 Å². The van der Waals surface area contributed by atoms with Gasteiger partial charge in [-0.2, -0.15) is 0 Å². The molecule has 0 aliphatic heterocycles. The highest BCUT2D eigenvalue weighted by Gasteiger charge is 1.98. The highest BCUT2D eigenvalue weighted by molar-refractivity contribution is 5.69. The molecule has 0 unspecified atom stereocenters. The van der Waals surface area contributed by atoms with Gasteiger partial charge < -0.3 is 24.8 Å². The Morgan fingerprint density at radius 1 is 0.630 bits per heavy atom. The minimum Gasteiger partial charge on any atom is -0.462 e. The molecule has 0 aromatic rings. The fourth-order valence-electron chi connectivity index (χ4n) is 3.43. The molecule has 0 spiro atoms. The highest BCUT2D eigenvalue weighted by Crippen LogP contribution is 2.03. The van der Waals surface area contributed by atoms with Gasteiger partial charge in [0, 0.05) is 46.9 Å². The summed E-state index contributed by atoms with van der Waals surface area (Å²) < 4.78 is 9.77. The molecule has 0 rings (SSSR count). The molecule has 0 aromatic heterocycles. The summed E-state index contributed by atoms with van der Waals surface area (Å²) in [6.07, 6.45) is 33.3. The molecule has 0 atom stereocenters. The molecule has 8 heteroatoms. The lowest BCUT2D eigenvalue weighted by Crippen LogP contribution is -2.13. The van der Waals surface area contributed by atoms with E-state index in [2.05, 4.69) is 77.6 Å². The average Bonchev–Trinajstić information content (AvgIpc) is 3.19. The Morgan fingerprint density at radius 2 is 1.04 bits per heavy atom. The third-order valence-corrected chi connectivity index (χ3v) is 6.37. The minimum atomic E-state index is -0.215. The van der Waals surface area contributed by atoms with Crippen molar-refractivity contribution in [2.75, 3.05) is 47.5 Å². The summed E-state index contributed by atoms with van der Waals surface area (Å²) in [5, 5.41) is 10.2. The molecule has 0 aliphatic carbocycles. The zero-order chi connectivity index (χ0) is 43.4. The number of allylic oxidation sites excluding steroid dienone is 2. The summed E-state index contributed by atoms with van der Waals surface area (Å²) in [7, 11) is 4.86. The first-order valence-corrected chi connectivity index (χ1v) is 21.7. The van der Waals surface area contributed by atoms with E-state index in [1.54, 1.807) is 6.20 Å². The summed E-state index contributed by atoms with van der Waals surface area (Å²) in [6, 6.07) is 0. The van der Waals surface area contributed by atoms with Crippen LogP contribution >= 0.6 is 0 Å². The number of nitrogens with zero attached hydrogens (tertiary/aromatic N) is 2. The van der Waals surface area contributed by atoms with Crippen molar-refractivity contribution >= 4 is 18.7 Å². The van der Waals surface area contributed by atoms with Crippen molar-refractivity contribution in [1.82, 2.24) is 10.2 Å². The molecule has 0 heterocycles. The van der Waals surface area contributed by atoms with Gasteiger partial charge in [0.25, 0.3) is 0 Å². The van der Waals surface area contributed by atoms with E-state index in [0.717, 1.165) is 39.3 Å². The van der Waals surface area contributed by atoms with Crippen LogP contribution in [0, 0.1) is 0 Å². The second-order valence-electron chi connectivity index (χ2n) is 11.7. The number of hydrogen-bond donors (Lipinski definition) is 2. The van der Waals surface area contributed by atoms with E-state index in [4.69, 9.17) is 14.6 Å². The maximum atomic E-state index is 11.1. The molecule has 0 aromatic carbocycles. The van der Waals surface area contributed by atoms with Gasteiger partial charge in [-0.15, -0.1) is 0 Å². The van der Waals surface area contributed by atoms with Crippen molar-refractivity contribution < 1.29 is 24.2 Å². The van der Waals surface area contributed by atoms with Crippen LogP contribution in [0.5, 0.6) is 0 Å². The molecule has 0 fully saturated rings. The van der Waals surface area contributed by atoms with Crippen LogP contribution in [0.15, 0.2) is 41.7 Å². The fraction of sp³-hybridized carbons (Fsp3) is 0.804. The molecule has 0 aliphatic rings. The van der Waals surface area contributed by atoms with E-state index in [1.807, 2.05) is 65.0 Å². The summed E-state index contributed by atoms with van der Waals surface area (Å²) in [6.45, 7) is 31.1. The summed E-state index contributed by atoms with van der Waals surface area (Å²) in [5.74, 6) is -0.286. The Morgan fingerprint density at radius 3 is 1.41 bits per heavy atom. The first kappa shape index (κ1) is 69.5. The lowest BCUT2D eigenvalue weighted by molar-refractivity contribution is -0.142. The number of rotatable bonds is 25. The minimum absolute atomic E-state index is 0.0718. The number of nitrogens with one attached hydrogen (secondary N) is 1. The van der Waals surface area contributed by atoms with Crippen LogP contribution in [0.1, 0.15) is 199 Å². The smallest absolute Gasteiger partial charge is 0.306 e. The van der Waals surface area contributed by atoms with E-state index in [0.29, 0.717) is 19.6 Å². The second-order valence-corrected chi connectivity index (χ2v) is 11.7. The Bertz CT molecular complexity index is 688. The van der Waals surface area contributed by atoms with Crippen molar-refractivity contribution in [2.24, 2.45) is 4.99 Å². The van der Waals surface area contributed by atoms with Gasteiger partial charge in [0.1, 0.15) is 13.2 Å². The molecule has 328 valence electrons. The first-order valence-electron chi connectivity index (χ1n) is 21.7. The van der Waals surface area contributed by atoms with E-state index in [9.17, 15) is 9.59 Å². The first-order chi connectivity index (χ1) is 26.2. The van der Waals surface area contributed by atoms with Crippen molar-refractivity contribution in [3.8, 4) is 0 Å². The zero-order valence-corrected chi connectivity index (χ0v) is 39.2. The van der Waals surface area contributed by atoms with Gasteiger partial charge in [-0.25, -0.2) is 0 Å². The third kappa shape index (κ3) is 117. The van der Waals surface area contributed by atoms with Crippen LogP contribution < -0.4 is 5.32 Å². The Balaban J connectivity index is -0.0000000823. The highest BCUT2D eigenvalue weighted by atomic mass is 16.5. The molecule has 0 saturated carbocycles. The van der Waals surface area contributed by atoms with Crippen LogP contribution in [-0.2, 0) is 19.1 Å². The lowest BCUT2D eigenvalue weighted by Gasteiger charge is -2.00. The van der Waals surface area contributed by atoms with Gasteiger partial charge >= 0.3 is 11.9 Å². The number of aliphatic hydroxyl groups is 1. The largest absolute Gasteiger partial charge is 0.462 e. The maximum Gasteiger partial charge on any atom is 0.306 e. The molecule has 8 nitrogen and oxygen atoms in total. The van der Waals surface area contributed by atoms with Gasteiger partial charge in [0.2, 0.25) is 0 Å². The van der Waals surface area contributed by atoms with Crippen LogP contribution in [-0.4, -0.2) is 76.2 Å². The predicted molar refractivity (Wildman–Crippen MR) is 245 cm³/mol. The molecule has 0 bridgehead atoms. The van der Waals surface area contributed by atoms with E-state index < -0.39 is 0 Å². The van der Waals surface area contributed by atoms with E-state index in [1.165, 1.54) is 96.9 Å². The zero-order valence-electron chi connectivity index (χ0n) is 39.2. The number of aliphatic hydroxyl groups excluding tert-OH is 1. The number of ether oxygens (including phenoxy) is 2. The summed E-state index contributed by atoms with van der Waals surface area (Å²) in [5.41, 5.74) is 0. The van der Waals surface area contributed by atoms with Crippen LogP contribution in [0.2, 0.25) is 0 Å². The van der Waals surface area contributed by atoms with Crippen LogP contribution in [0.3, 0.4) is 0 Å². The molecule has 2 N–H and O–H groups in total. The molecule has 0 amide bonds. The van der Waals surface area contributed by atoms with Gasteiger partial charge in [-0.3, -0.25) is 14.6 Å². The number of aliphatic imine (C=N–C) groups is 1. The fourth-order valence-corrected chi connectivity index (χ4v) is 3.43. The monoisotopic (exact) mass is 774 g/mol. The lowest BCUT2D eigenvalue weighted by atomic mass is 10.1. The van der Waals surface area contributed by atoms with Gasteiger partial charge in [-0.05, 0) is 58.3 Å². The molecule has 0 saturated heterocycles. The summed E-state index contributed by atoms with van der Waals surface area (Å²) >= 11 is 0. The van der Waals surface area contributed by atoms with Gasteiger partial charge in [-0.1, -0.05) is 171 Å². The standard InChI is InChI=1S/C14H26O2.C10H18O2.C6H15N.C6H14.C5H10N2.2C2H6.CH4O/c1-3-5-7-8-9-10-11-13-16-14(15)12-6-4-2;1-3-4-5-6-7-8-9-12-10(2)11;1-3-5-6-7-4-2;1-3-5-6-4-2;1-6-4-5-7(2)3;3*1-2/h10-11H,3-9,12-13H2,1-2H3;7-8H,3-6,9H2,1-2H3;7H,3-6H2,1-2H3;3-6H2,1-2H3;4-5H,1H2,2-3H3;2*1-2H3;2H,1H3/b11-10-;8-7-;;;5-4-;;;. The molecule has 0 radical (unpaired) electrons. The van der Waals surface area contributed by atoms with Gasteiger partial charge in [0.05, 0.1) is 0 Å². The number of carbonyl (C=O) groups is 2. The Hall–Kier alpha value is -2.45. The van der Waals surface area contributed by atoms with E-state index in [-0.39, 0.29) is 11.9 Å². The topological polar surface area (TPSA) is 100 Å². The SMILES string of the molecule is C=N/C=C\N(C)C.CC.CC.CCCCC/C=C\COC(C)=O.CCCCCC.CCCCCC/C=C\COC(=O)CCCC.CCCCNCC.CO. The van der Waals surface area contributed by atoms with Crippen LogP contribution in [0.25, 0.3) is 0 Å². The second kappa shape index (κ2) is 83.5. The van der Waals surface area contributed by atoms with Gasteiger partial charge in [0.15, 0.2) is 0 Å². The predicted octanol–water partition coefficient (Wildman–Crippen LogP) is 13.3. The molecular formula is C46H99N3O5. The summed E-state index contributed by atoms with van der Waals surface area (Å²) in [4.78, 5) is 26.8. The Labute approximate surface area is 340 Å². The maximum absolute atomic E-state index is 11.1. The quantitative estimate of drug-likeness (QED) is 0.0412. The van der Waals surface area contributed by atoms with Crippen molar-refractivity contribution in [2.45, 2.75) is 199 Å². The normalized spacial score (nSPS) is 9.33. The van der Waals surface area contributed by atoms with Crippen molar-refractivity contribution in [3.05, 3.63) is 36.7 Å². The average molecular weight is 774 g/mol.